The molecule has 0 unspecified atom stereocenters. The number of nitrogens with zero attached hydrogens (tertiary/aromatic N) is 1. The molecule has 5 nitrogen and oxygen atoms in total. The van der Waals surface area contributed by atoms with Crippen LogP contribution in [0.15, 0.2) is 18.2 Å². The molecule has 0 fully saturated rings. The molecule has 1 heterocycles. The maximum absolute atomic E-state index is 12.1. The zero-order valence-corrected chi connectivity index (χ0v) is 11.1. The average molecular weight is 271 g/mol. The summed E-state index contributed by atoms with van der Waals surface area (Å²) in [6.45, 7) is 3.16. The fourth-order valence-corrected chi connectivity index (χ4v) is 3.16. The summed E-state index contributed by atoms with van der Waals surface area (Å²) in [4.78, 5) is 35.4. The summed E-state index contributed by atoms with van der Waals surface area (Å²) in [5, 5.41) is 9.97. The number of hydrogen-bond donors (Lipinski definition) is 1. The highest BCUT2D eigenvalue weighted by molar-refractivity contribution is 6.15. The van der Waals surface area contributed by atoms with Gasteiger partial charge in [0.2, 0.25) is 5.91 Å². The molecule has 0 saturated carbocycles. The van der Waals surface area contributed by atoms with Crippen molar-refractivity contribution in [1.29, 1.82) is 0 Å². The number of Topliss-reactive ketones (excluding diaryl/α,β-unsaturated/α-hetero) is 1. The van der Waals surface area contributed by atoms with E-state index in [1.54, 1.807) is 25.1 Å². The predicted octanol–water partition coefficient (Wildman–Crippen LogP) is 2.36. The Kier molecular flexibility index (Phi) is 2.54. The molecular weight excluding hydrogens is 258 g/mol. The Morgan fingerprint density at radius 3 is 2.65 bits per heavy atom. The van der Waals surface area contributed by atoms with Gasteiger partial charge in [-0.2, -0.15) is 0 Å². The lowest BCUT2D eigenvalue weighted by Gasteiger charge is -2.18. The van der Waals surface area contributed by atoms with E-state index in [9.17, 15) is 19.5 Å². The van der Waals surface area contributed by atoms with Crippen LogP contribution in [0.2, 0.25) is 0 Å². The fourth-order valence-electron chi connectivity index (χ4n) is 3.16. The standard InChI is InChI=1S/C15H13NO4/c1-7-13-10(15(19)20)6-12(18)9-4-3-5-11(14(9)13)16(7)8(2)17/h3-5,10H,6H2,1-2H3,(H,19,20)/t10-/m0/s1. The first-order chi connectivity index (χ1) is 9.43. The minimum Gasteiger partial charge on any atom is -0.481 e. The van der Waals surface area contributed by atoms with Crippen LogP contribution in [0.5, 0.6) is 0 Å². The summed E-state index contributed by atoms with van der Waals surface area (Å²) in [6, 6.07) is 5.16. The van der Waals surface area contributed by atoms with Gasteiger partial charge in [-0.05, 0) is 18.6 Å². The molecular formula is C15H13NO4. The van der Waals surface area contributed by atoms with E-state index in [4.69, 9.17) is 0 Å². The Balaban J connectivity index is 2.51. The van der Waals surface area contributed by atoms with Crippen LogP contribution in [0.1, 0.15) is 45.7 Å². The second-order valence-corrected chi connectivity index (χ2v) is 5.07. The highest BCUT2D eigenvalue weighted by atomic mass is 16.4. The lowest BCUT2D eigenvalue weighted by molar-refractivity contribution is -0.138. The second-order valence-electron chi connectivity index (χ2n) is 5.07. The highest BCUT2D eigenvalue weighted by Crippen LogP contribution is 2.40. The molecule has 0 spiro atoms. The van der Waals surface area contributed by atoms with Gasteiger partial charge < -0.3 is 5.11 Å². The molecule has 102 valence electrons. The van der Waals surface area contributed by atoms with Gasteiger partial charge in [0.15, 0.2) is 5.78 Å². The number of carboxylic acids is 1. The quantitative estimate of drug-likeness (QED) is 0.863. The number of ketones is 1. The predicted molar refractivity (Wildman–Crippen MR) is 72.3 cm³/mol. The first kappa shape index (κ1) is 12.6. The van der Waals surface area contributed by atoms with E-state index in [-0.39, 0.29) is 18.1 Å². The van der Waals surface area contributed by atoms with Crippen molar-refractivity contribution >= 4 is 28.6 Å². The summed E-state index contributed by atoms with van der Waals surface area (Å²) in [5.41, 5.74) is 2.33. The molecule has 1 aliphatic carbocycles. The Morgan fingerprint density at radius 2 is 2.05 bits per heavy atom. The normalized spacial score (nSPS) is 17.5. The van der Waals surface area contributed by atoms with Crippen LogP contribution in [0.25, 0.3) is 10.9 Å². The van der Waals surface area contributed by atoms with E-state index >= 15 is 0 Å². The van der Waals surface area contributed by atoms with Gasteiger partial charge in [-0.25, -0.2) is 0 Å². The summed E-state index contributed by atoms with van der Waals surface area (Å²) in [7, 11) is 0. The molecule has 2 aromatic rings. The molecule has 20 heavy (non-hydrogen) atoms. The highest BCUT2D eigenvalue weighted by Gasteiger charge is 2.36. The molecule has 3 rings (SSSR count). The van der Waals surface area contributed by atoms with Crippen LogP contribution in [-0.4, -0.2) is 27.3 Å². The van der Waals surface area contributed by atoms with E-state index < -0.39 is 11.9 Å². The first-order valence-corrected chi connectivity index (χ1v) is 6.34. The zero-order valence-electron chi connectivity index (χ0n) is 11.1. The number of carbonyl (C=O) groups excluding carboxylic acids is 2. The van der Waals surface area contributed by atoms with Crippen molar-refractivity contribution in [2.45, 2.75) is 26.2 Å². The fraction of sp³-hybridized carbons (Fsp3) is 0.267. The van der Waals surface area contributed by atoms with Gasteiger partial charge in [-0.15, -0.1) is 0 Å². The van der Waals surface area contributed by atoms with E-state index in [0.29, 0.717) is 27.7 Å². The van der Waals surface area contributed by atoms with E-state index in [2.05, 4.69) is 0 Å². The van der Waals surface area contributed by atoms with Crippen molar-refractivity contribution in [3.63, 3.8) is 0 Å². The Labute approximate surface area is 114 Å². The number of benzene rings is 1. The van der Waals surface area contributed by atoms with E-state index in [1.807, 2.05) is 0 Å². The Hall–Kier alpha value is -2.43. The number of hydrogen-bond acceptors (Lipinski definition) is 3. The summed E-state index contributed by atoms with van der Waals surface area (Å²) in [5.74, 6) is -2.27. The molecule has 1 aromatic heterocycles. The number of rotatable bonds is 1. The van der Waals surface area contributed by atoms with Crippen LogP contribution in [0.3, 0.4) is 0 Å². The molecule has 1 N–H and O–H groups in total. The molecule has 1 aliphatic rings. The van der Waals surface area contributed by atoms with E-state index in [0.717, 1.165) is 0 Å². The van der Waals surface area contributed by atoms with E-state index in [1.165, 1.54) is 11.5 Å². The molecule has 1 atom stereocenters. The number of aliphatic carboxylic acids is 1. The summed E-state index contributed by atoms with van der Waals surface area (Å²) < 4.78 is 1.49. The van der Waals surface area contributed by atoms with Crippen LogP contribution < -0.4 is 0 Å². The number of carbonyl (C=O) groups is 3. The van der Waals surface area contributed by atoms with Crippen LogP contribution >= 0.6 is 0 Å². The minimum atomic E-state index is -1.03. The molecule has 0 saturated heterocycles. The van der Waals surface area contributed by atoms with Crippen LogP contribution in [-0.2, 0) is 4.79 Å². The zero-order chi connectivity index (χ0) is 14.6. The van der Waals surface area contributed by atoms with Crippen LogP contribution in [0.4, 0.5) is 0 Å². The first-order valence-electron chi connectivity index (χ1n) is 6.34. The maximum atomic E-state index is 12.1. The third-order valence-corrected chi connectivity index (χ3v) is 3.93. The van der Waals surface area contributed by atoms with Crippen molar-refractivity contribution in [2.24, 2.45) is 0 Å². The molecule has 1 aromatic carbocycles. The maximum Gasteiger partial charge on any atom is 0.311 e. The molecule has 0 radical (unpaired) electrons. The van der Waals surface area contributed by atoms with Gasteiger partial charge in [0, 0.05) is 30.0 Å². The van der Waals surface area contributed by atoms with Crippen molar-refractivity contribution in [3.8, 4) is 0 Å². The molecule has 0 aliphatic heterocycles. The molecule has 0 bridgehead atoms. The Bertz CT molecular complexity index is 785. The monoisotopic (exact) mass is 271 g/mol. The van der Waals surface area contributed by atoms with Gasteiger partial charge in [0.1, 0.15) is 0 Å². The minimum absolute atomic E-state index is 0.0514. The lowest BCUT2D eigenvalue weighted by Crippen LogP contribution is -2.21. The second kappa shape index (κ2) is 4.03. The summed E-state index contributed by atoms with van der Waals surface area (Å²) in [6.07, 6.45) is -0.0514. The third kappa shape index (κ3) is 1.46. The number of aromatic nitrogens is 1. The molecule has 5 heteroatoms. The Morgan fingerprint density at radius 1 is 1.35 bits per heavy atom. The SMILES string of the molecule is CC(=O)n1c(C)c2c3c(cccc31)C(=O)C[C@@H]2C(=O)O. The van der Waals surface area contributed by atoms with Crippen molar-refractivity contribution in [1.82, 2.24) is 4.57 Å². The topological polar surface area (TPSA) is 76.4 Å². The van der Waals surface area contributed by atoms with Crippen LogP contribution in [0, 0.1) is 6.92 Å². The van der Waals surface area contributed by atoms with Crippen molar-refractivity contribution < 1.29 is 19.5 Å². The van der Waals surface area contributed by atoms with Gasteiger partial charge in [-0.1, -0.05) is 12.1 Å². The molecule has 0 amide bonds. The largest absolute Gasteiger partial charge is 0.481 e. The van der Waals surface area contributed by atoms with Crippen molar-refractivity contribution in [3.05, 3.63) is 35.0 Å². The van der Waals surface area contributed by atoms with Gasteiger partial charge in [-0.3, -0.25) is 19.0 Å². The number of carboxylic acid groups (broad SMARTS) is 1. The van der Waals surface area contributed by atoms with Crippen molar-refractivity contribution in [2.75, 3.05) is 0 Å². The smallest absolute Gasteiger partial charge is 0.311 e. The lowest BCUT2D eigenvalue weighted by atomic mass is 9.82. The summed E-state index contributed by atoms with van der Waals surface area (Å²) >= 11 is 0. The average Bonchev–Trinajstić information content (AvgIpc) is 2.67. The van der Waals surface area contributed by atoms with Gasteiger partial charge in [0.25, 0.3) is 0 Å². The van der Waals surface area contributed by atoms with Gasteiger partial charge >= 0.3 is 5.97 Å². The van der Waals surface area contributed by atoms with Gasteiger partial charge in [0.05, 0.1) is 11.4 Å². The third-order valence-electron chi connectivity index (χ3n) is 3.93.